The molecule has 0 saturated carbocycles. The highest BCUT2D eigenvalue weighted by Gasteiger charge is 2.15. The minimum Gasteiger partial charge on any atom is -0.258 e. The molecule has 1 rings (SSSR count). The van der Waals surface area contributed by atoms with Crippen molar-refractivity contribution in [1.82, 2.24) is 4.98 Å². The summed E-state index contributed by atoms with van der Waals surface area (Å²) in [5.41, 5.74) is 1.48. The number of aryl methyl sites for hydroxylation is 2. The predicted octanol–water partition coefficient (Wildman–Crippen LogP) is 2.51. The molecule has 0 aliphatic carbocycles. The molecule has 0 bridgehead atoms. The van der Waals surface area contributed by atoms with Gasteiger partial charge < -0.3 is 0 Å². The lowest BCUT2D eigenvalue weighted by atomic mass is 10.1. The third-order valence-corrected chi connectivity index (χ3v) is 2.11. The molecule has 0 atom stereocenters. The SMILES string of the molecule is CCc1cc([N+](=O)[O-])c(Cl)nc1C. The minimum atomic E-state index is -0.520. The summed E-state index contributed by atoms with van der Waals surface area (Å²) in [6.07, 6.45) is 0.719. The molecule has 5 heteroatoms. The zero-order valence-electron chi connectivity index (χ0n) is 7.37. The summed E-state index contributed by atoms with van der Waals surface area (Å²) in [5.74, 6) is 0. The molecule has 0 fully saturated rings. The standard InChI is InChI=1S/C8H9ClN2O2/c1-3-6-4-7(11(12)13)8(9)10-5(6)2/h4H,3H2,1-2H3. The third-order valence-electron chi connectivity index (χ3n) is 1.83. The van der Waals surface area contributed by atoms with Crippen LogP contribution in [0.1, 0.15) is 18.2 Å². The highest BCUT2D eigenvalue weighted by molar-refractivity contribution is 6.31. The fraction of sp³-hybridized carbons (Fsp3) is 0.375. The Morgan fingerprint density at radius 1 is 1.69 bits per heavy atom. The summed E-state index contributed by atoms with van der Waals surface area (Å²) in [7, 11) is 0. The van der Waals surface area contributed by atoms with Gasteiger partial charge in [0, 0.05) is 11.8 Å². The Balaban J connectivity index is 3.30. The highest BCUT2D eigenvalue weighted by Crippen LogP contribution is 2.24. The normalized spacial score (nSPS) is 10.1. The smallest absolute Gasteiger partial charge is 0.258 e. The van der Waals surface area contributed by atoms with Crippen LogP contribution in [0.25, 0.3) is 0 Å². The molecule has 1 aromatic heterocycles. The number of nitrogens with zero attached hydrogens (tertiary/aromatic N) is 2. The first-order valence-corrected chi connectivity index (χ1v) is 4.24. The second-order valence-electron chi connectivity index (χ2n) is 2.65. The monoisotopic (exact) mass is 200 g/mol. The predicted molar refractivity (Wildman–Crippen MR) is 50.0 cm³/mol. The summed E-state index contributed by atoms with van der Waals surface area (Å²) in [4.78, 5) is 13.9. The van der Waals surface area contributed by atoms with Gasteiger partial charge in [0.25, 0.3) is 0 Å². The van der Waals surface area contributed by atoms with E-state index in [4.69, 9.17) is 11.6 Å². The van der Waals surface area contributed by atoms with E-state index >= 15 is 0 Å². The Hall–Kier alpha value is -1.16. The van der Waals surface area contributed by atoms with E-state index < -0.39 is 4.92 Å². The van der Waals surface area contributed by atoms with Crippen LogP contribution in [0.5, 0.6) is 0 Å². The fourth-order valence-corrected chi connectivity index (χ4v) is 1.34. The van der Waals surface area contributed by atoms with Crippen molar-refractivity contribution in [2.24, 2.45) is 0 Å². The van der Waals surface area contributed by atoms with Gasteiger partial charge in [0.15, 0.2) is 0 Å². The van der Waals surface area contributed by atoms with Crippen LogP contribution < -0.4 is 0 Å². The zero-order chi connectivity index (χ0) is 10.0. The van der Waals surface area contributed by atoms with E-state index in [-0.39, 0.29) is 10.8 Å². The molecule has 70 valence electrons. The number of hydrogen-bond acceptors (Lipinski definition) is 3. The second kappa shape index (κ2) is 3.70. The van der Waals surface area contributed by atoms with Gasteiger partial charge in [0.1, 0.15) is 0 Å². The summed E-state index contributed by atoms with van der Waals surface area (Å²) < 4.78 is 0. The van der Waals surface area contributed by atoms with Crippen LogP contribution in [0, 0.1) is 17.0 Å². The quantitative estimate of drug-likeness (QED) is 0.419. The van der Waals surface area contributed by atoms with E-state index in [2.05, 4.69) is 4.98 Å². The molecule has 0 aromatic carbocycles. The molecule has 0 amide bonds. The lowest BCUT2D eigenvalue weighted by Gasteiger charge is -2.02. The van der Waals surface area contributed by atoms with Crippen molar-refractivity contribution in [2.75, 3.05) is 0 Å². The molecule has 0 spiro atoms. The van der Waals surface area contributed by atoms with Gasteiger partial charge in [0.05, 0.1) is 4.92 Å². The van der Waals surface area contributed by atoms with Crippen molar-refractivity contribution < 1.29 is 4.92 Å². The molecular formula is C8H9ClN2O2. The molecule has 1 aromatic rings. The van der Waals surface area contributed by atoms with E-state index in [1.165, 1.54) is 6.07 Å². The van der Waals surface area contributed by atoms with Crippen molar-refractivity contribution >= 4 is 17.3 Å². The Morgan fingerprint density at radius 2 is 2.31 bits per heavy atom. The van der Waals surface area contributed by atoms with Crippen LogP contribution in [0.4, 0.5) is 5.69 Å². The molecule has 0 aliphatic heterocycles. The average molecular weight is 201 g/mol. The topological polar surface area (TPSA) is 56.0 Å². The molecular weight excluding hydrogens is 192 g/mol. The summed E-state index contributed by atoms with van der Waals surface area (Å²) in [6.45, 7) is 3.70. The zero-order valence-corrected chi connectivity index (χ0v) is 8.13. The molecule has 0 N–H and O–H groups in total. The Kier molecular flexibility index (Phi) is 2.83. The Morgan fingerprint density at radius 3 is 2.77 bits per heavy atom. The summed E-state index contributed by atoms with van der Waals surface area (Å²) >= 11 is 5.60. The highest BCUT2D eigenvalue weighted by atomic mass is 35.5. The third kappa shape index (κ3) is 1.95. The maximum atomic E-state index is 10.5. The average Bonchev–Trinajstić information content (AvgIpc) is 2.03. The maximum Gasteiger partial charge on any atom is 0.306 e. The second-order valence-corrected chi connectivity index (χ2v) is 3.01. The van der Waals surface area contributed by atoms with E-state index in [1.807, 2.05) is 6.92 Å². The van der Waals surface area contributed by atoms with Crippen LogP contribution in [-0.4, -0.2) is 9.91 Å². The van der Waals surface area contributed by atoms with Crippen molar-refractivity contribution in [3.8, 4) is 0 Å². The molecule has 0 unspecified atom stereocenters. The largest absolute Gasteiger partial charge is 0.306 e. The van der Waals surface area contributed by atoms with Gasteiger partial charge in [-0.25, -0.2) is 4.98 Å². The number of nitro groups is 1. The number of pyridine rings is 1. The first-order chi connectivity index (χ1) is 6.06. The van der Waals surface area contributed by atoms with Crippen molar-refractivity contribution in [3.63, 3.8) is 0 Å². The lowest BCUT2D eigenvalue weighted by Crippen LogP contribution is -1.97. The van der Waals surface area contributed by atoms with E-state index in [0.717, 1.165) is 17.7 Å². The van der Waals surface area contributed by atoms with Crippen LogP contribution in [0.15, 0.2) is 6.07 Å². The van der Waals surface area contributed by atoms with E-state index in [0.29, 0.717) is 0 Å². The van der Waals surface area contributed by atoms with Crippen molar-refractivity contribution in [3.05, 3.63) is 32.6 Å². The van der Waals surface area contributed by atoms with Gasteiger partial charge in [-0.05, 0) is 18.9 Å². The lowest BCUT2D eigenvalue weighted by molar-refractivity contribution is -0.385. The van der Waals surface area contributed by atoms with Crippen LogP contribution in [0.2, 0.25) is 5.15 Å². The molecule has 4 nitrogen and oxygen atoms in total. The molecule has 1 heterocycles. The number of rotatable bonds is 2. The van der Waals surface area contributed by atoms with Gasteiger partial charge in [-0.15, -0.1) is 0 Å². The molecule has 0 aliphatic rings. The van der Waals surface area contributed by atoms with Gasteiger partial charge in [-0.3, -0.25) is 10.1 Å². The summed E-state index contributed by atoms with van der Waals surface area (Å²) in [6, 6.07) is 1.48. The van der Waals surface area contributed by atoms with Crippen molar-refractivity contribution in [2.45, 2.75) is 20.3 Å². The summed E-state index contributed by atoms with van der Waals surface area (Å²) in [5, 5.41) is 10.4. The minimum absolute atomic E-state index is 0.0419. The van der Waals surface area contributed by atoms with Crippen LogP contribution in [0.3, 0.4) is 0 Å². The maximum absolute atomic E-state index is 10.5. The van der Waals surface area contributed by atoms with Crippen LogP contribution in [-0.2, 0) is 6.42 Å². The Labute approximate surface area is 80.7 Å². The fourth-order valence-electron chi connectivity index (χ4n) is 1.09. The molecule has 0 radical (unpaired) electrons. The van der Waals surface area contributed by atoms with E-state index in [9.17, 15) is 10.1 Å². The molecule has 13 heavy (non-hydrogen) atoms. The van der Waals surface area contributed by atoms with Gasteiger partial charge in [-0.1, -0.05) is 18.5 Å². The number of hydrogen-bond donors (Lipinski definition) is 0. The van der Waals surface area contributed by atoms with E-state index in [1.54, 1.807) is 6.92 Å². The van der Waals surface area contributed by atoms with Crippen molar-refractivity contribution in [1.29, 1.82) is 0 Å². The number of aromatic nitrogens is 1. The number of halogens is 1. The first-order valence-electron chi connectivity index (χ1n) is 3.86. The van der Waals surface area contributed by atoms with Gasteiger partial charge in [0.2, 0.25) is 5.15 Å². The van der Waals surface area contributed by atoms with Crippen LogP contribution >= 0.6 is 11.6 Å². The first kappa shape index (κ1) is 9.92. The van der Waals surface area contributed by atoms with Gasteiger partial charge >= 0.3 is 5.69 Å². The molecule has 0 saturated heterocycles. The van der Waals surface area contributed by atoms with Gasteiger partial charge in [-0.2, -0.15) is 0 Å². The Bertz CT molecular complexity index is 352.